The Morgan fingerprint density at radius 3 is 3.00 bits per heavy atom. The van der Waals surface area contributed by atoms with E-state index in [2.05, 4.69) is 30.2 Å². The van der Waals surface area contributed by atoms with Crippen molar-refractivity contribution in [2.75, 3.05) is 5.73 Å². The Kier molecular flexibility index (Phi) is 1.82. The first-order valence-electron chi connectivity index (χ1n) is 5.59. The number of pyridine rings is 1. The average molecular weight is 252 g/mol. The lowest BCUT2D eigenvalue weighted by Crippen LogP contribution is -2.02. The van der Waals surface area contributed by atoms with E-state index in [4.69, 9.17) is 5.73 Å². The molecule has 0 atom stereocenters. The maximum atomic E-state index is 5.85. The number of fused-ring (bicyclic) bond motifs is 3. The monoisotopic (exact) mass is 252 g/mol. The molecule has 4 rings (SSSR count). The van der Waals surface area contributed by atoms with Crippen LogP contribution in [-0.2, 0) is 0 Å². The molecule has 3 N–H and O–H groups in total. The first-order chi connectivity index (χ1) is 9.33. The predicted molar refractivity (Wildman–Crippen MR) is 68.1 cm³/mol. The zero-order valence-corrected chi connectivity index (χ0v) is 9.65. The summed E-state index contributed by atoms with van der Waals surface area (Å²) in [4.78, 5) is 12.8. The van der Waals surface area contributed by atoms with Gasteiger partial charge in [0.1, 0.15) is 5.69 Å². The number of aromatic nitrogens is 7. The minimum absolute atomic E-state index is 0.251. The van der Waals surface area contributed by atoms with Crippen molar-refractivity contribution in [1.29, 1.82) is 0 Å². The average Bonchev–Trinajstić information content (AvgIpc) is 3.05. The van der Waals surface area contributed by atoms with E-state index in [0.29, 0.717) is 22.8 Å². The molecule has 92 valence electrons. The van der Waals surface area contributed by atoms with Crippen molar-refractivity contribution in [1.82, 2.24) is 34.8 Å². The largest absolute Gasteiger partial charge is 0.368 e. The van der Waals surface area contributed by atoms with E-state index in [1.807, 2.05) is 18.2 Å². The van der Waals surface area contributed by atoms with Crippen molar-refractivity contribution in [2.45, 2.75) is 0 Å². The number of aromatic amines is 1. The van der Waals surface area contributed by atoms with Gasteiger partial charge < -0.3 is 5.73 Å². The third-order valence-electron chi connectivity index (χ3n) is 2.80. The Morgan fingerprint density at radius 1 is 1.21 bits per heavy atom. The number of anilines is 1. The molecule has 4 aromatic rings. The predicted octanol–water partition coefficient (Wildman–Crippen LogP) is 0.645. The summed E-state index contributed by atoms with van der Waals surface area (Å²) < 4.78 is 1.49. The first kappa shape index (κ1) is 9.95. The number of hydrogen-bond donors (Lipinski definition) is 2. The molecule has 0 unspecified atom stereocenters. The lowest BCUT2D eigenvalue weighted by molar-refractivity contribution is 0.948. The molecule has 4 aromatic heterocycles. The minimum Gasteiger partial charge on any atom is -0.368 e. The van der Waals surface area contributed by atoms with Crippen molar-refractivity contribution >= 4 is 22.6 Å². The van der Waals surface area contributed by atoms with Crippen LogP contribution in [0.15, 0.2) is 30.6 Å². The van der Waals surface area contributed by atoms with E-state index < -0.39 is 0 Å². The minimum atomic E-state index is 0.251. The number of nitrogens with zero attached hydrogens (tertiary/aromatic N) is 6. The van der Waals surface area contributed by atoms with Gasteiger partial charge in [-0.3, -0.25) is 10.1 Å². The molecule has 0 saturated carbocycles. The highest BCUT2D eigenvalue weighted by Gasteiger charge is 2.14. The highest BCUT2D eigenvalue weighted by atomic mass is 15.4. The van der Waals surface area contributed by atoms with Gasteiger partial charge in [-0.1, -0.05) is 6.07 Å². The van der Waals surface area contributed by atoms with E-state index >= 15 is 0 Å². The molecule has 19 heavy (non-hydrogen) atoms. The van der Waals surface area contributed by atoms with Gasteiger partial charge in [0.2, 0.25) is 11.8 Å². The maximum Gasteiger partial charge on any atom is 0.225 e. The summed E-state index contributed by atoms with van der Waals surface area (Å²) in [5.74, 6) is 0.754. The van der Waals surface area contributed by atoms with Gasteiger partial charge in [-0.15, -0.1) is 5.10 Å². The van der Waals surface area contributed by atoms with Crippen LogP contribution in [0.4, 0.5) is 5.95 Å². The molecule has 0 spiro atoms. The Balaban J connectivity index is 2.08. The maximum absolute atomic E-state index is 5.85. The van der Waals surface area contributed by atoms with E-state index in [-0.39, 0.29) is 5.95 Å². The molecule has 0 aliphatic carbocycles. The van der Waals surface area contributed by atoms with Crippen molar-refractivity contribution in [3.8, 4) is 11.5 Å². The van der Waals surface area contributed by atoms with Gasteiger partial charge in [-0.2, -0.15) is 14.6 Å². The summed E-state index contributed by atoms with van der Waals surface area (Å²) in [6, 6.07) is 5.55. The lowest BCUT2D eigenvalue weighted by Gasteiger charge is -1.96. The quantitative estimate of drug-likeness (QED) is 0.514. The first-order valence-corrected chi connectivity index (χ1v) is 5.59. The summed E-state index contributed by atoms with van der Waals surface area (Å²) in [6.07, 6.45) is 3.34. The number of nitrogen functional groups attached to an aromatic ring is 1. The number of nitrogens with two attached hydrogens (primary N) is 1. The third kappa shape index (κ3) is 1.36. The topological polar surface area (TPSA) is 111 Å². The molecule has 8 heteroatoms. The molecule has 0 aliphatic rings. The van der Waals surface area contributed by atoms with E-state index in [1.165, 1.54) is 4.52 Å². The second kappa shape index (κ2) is 3.48. The van der Waals surface area contributed by atoms with Crippen LogP contribution >= 0.6 is 0 Å². The van der Waals surface area contributed by atoms with Crippen LogP contribution in [0.5, 0.6) is 0 Å². The smallest absolute Gasteiger partial charge is 0.225 e. The molecule has 0 bridgehead atoms. The summed E-state index contributed by atoms with van der Waals surface area (Å²) >= 11 is 0. The standard InChI is InChI=1S/C11H8N8/c12-11-16-8-6(5-14-17-8)10-15-9(18-19(10)11)7-3-1-2-4-13-7/h1-5H,(H3,12,14,16,17). The molecular formula is C11H8N8. The number of H-pyrrole nitrogens is 1. The highest BCUT2D eigenvalue weighted by Crippen LogP contribution is 2.20. The molecule has 0 amide bonds. The van der Waals surface area contributed by atoms with Gasteiger partial charge in [-0.05, 0) is 12.1 Å². The van der Waals surface area contributed by atoms with Crippen LogP contribution in [-0.4, -0.2) is 34.8 Å². The van der Waals surface area contributed by atoms with Crippen LogP contribution in [0, 0.1) is 0 Å². The summed E-state index contributed by atoms with van der Waals surface area (Å²) in [6.45, 7) is 0. The number of nitrogens with one attached hydrogen (secondary N) is 1. The molecule has 0 fully saturated rings. The van der Waals surface area contributed by atoms with Crippen molar-refractivity contribution in [3.05, 3.63) is 30.6 Å². The fraction of sp³-hybridized carbons (Fsp3) is 0. The van der Waals surface area contributed by atoms with E-state index in [1.54, 1.807) is 12.4 Å². The van der Waals surface area contributed by atoms with Crippen molar-refractivity contribution in [2.24, 2.45) is 0 Å². The Bertz CT molecular complexity index is 876. The second-order valence-corrected chi connectivity index (χ2v) is 3.99. The third-order valence-corrected chi connectivity index (χ3v) is 2.80. The lowest BCUT2D eigenvalue weighted by atomic mass is 10.3. The highest BCUT2D eigenvalue weighted by molar-refractivity contribution is 5.89. The van der Waals surface area contributed by atoms with Crippen LogP contribution in [0.1, 0.15) is 0 Å². The van der Waals surface area contributed by atoms with Gasteiger partial charge in [0.05, 0.1) is 11.6 Å². The normalized spacial score (nSPS) is 11.4. The fourth-order valence-corrected chi connectivity index (χ4v) is 1.94. The van der Waals surface area contributed by atoms with Gasteiger partial charge in [0.15, 0.2) is 11.3 Å². The molecule has 0 aromatic carbocycles. The second-order valence-electron chi connectivity index (χ2n) is 3.99. The molecule has 0 radical (unpaired) electrons. The fourth-order valence-electron chi connectivity index (χ4n) is 1.94. The van der Waals surface area contributed by atoms with Crippen molar-refractivity contribution in [3.63, 3.8) is 0 Å². The Labute approximate surface area is 106 Å². The molecule has 0 saturated heterocycles. The molecule has 4 heterocycles. The number of rotatable bonds is 1. The molecule has 0 aliphatic heterocycles. The number of hydrogen-bond acceptors (Lipinski definition) is 6. The molecular weight excluding hydrogens is 244 g/mol. The molecule has 8 nitrogen and oxygen atoms in total. The zero-order chi connectivity index (χ0) is 12.8. The van der Waals surface area contributed by atoms with Crippen LogP contribution < -0.4 is 5.73 Å². The van der Waals surface area contributed by atoms with Crippen LogP contribution in [0.3, 0.4) is 0 Å². The Morgan fingerprint density at radius 2 is 2.16 bits per heavy atom. The van der Waals surface area contributed by atoms with Crippen LogP contribution in [0.2, 0.25) is 0 Å². The van der Waals surface area contributed by atoms with Gasteiger partial charge in [0.25, 0.3) is 0 Å². The van der Waals surface area contributed by atoms with Gasteiger partial charge in [-0.25, -0.2) is 4.98 Å². The van der Waals surface area contributed by atoms with Crippen LogP contribution in [0.25, 0.3) is 28.2 Å². The Hall–Kier alpha value is -3.03. The summed E-state index contributed by atoms with van der Waals surface area (Å²) in [5, 5.41) is 11.8. The van der Waals surface area contributed by atoms with Gasteiger partial charge >= 0.3 is 0 Å². The van der Waals surface area contributed by atoms with E-state index in [0.717, 1.165) is 5.39 Å². The summed E-state index contributed by atoms with van der Waals surface area (Å²) in [7, 11) is 0. The SMILES string of the molecule is Nc1nc2[nH]ncc2c2nc(-c3ccccn3)nn12. The zero-order valence-electron chi connectivity index (χ0n) is 9.65. The van der Waals surface area contributed by atoms with E-state index in [9.17, 15) is 0 Å². The van der Waals surface area contributed by atoms with Crippen molar-refractivity contribution < 1.29 is 0 Å². The summed E-state index contributed by atoms with van der Waals surface area (Å²) in [5.41, 5.74) is 7.73. The van der Waals surface area contributed by atoms with Gasteiger partial charge in [0, 0.05) is 6.20 Å².